The summed E-state index contributed by atoms with van der Waals surface area (Å²) in [5.74, 6) is 0. The molecule has 0 unspecified atom stereocenters. The summed E-state index contributed by atoms with van der Waals surface area (Å²) >= 11 is 5.92. The number of aromatic nitrogens is 1. The van der Waals surface area contributed by atoms with Gasteiger partial charge in [0, 0.05) is 37.2 Å². The maximum atomic E-state index is 5.92. The molecule has 0 aliphatic carbocycles. The highest BCUT2D eigenvalue weighted by molar-refractivity contribution is 6.29. The fraction of sp³-hybridized carbons (Fsp3) is 0.353. The average molecular weight is 302 g/mol. The van der Waals surface area contributed by atoms with E-state index >= 15 is 0 Å². The van der Waals surface area contributed by atoms with Crippen LogP contribution in [0.5, 0.6) is 0 Å². The average Bonchev–Trinajstić information content (AvgIpc) is 2.54. The second-order valence-corrected chi connectivity index (χ2v) is 5.78. The van der Waals surface area contributed by atoms with E-state index in [0.717, 1.165) is 25.3 Å². The quantitative estimate of drug-likeness (QED) is 0.852. The lowest BCUT2D eigenvalue weighted by Gasteiger charge is -2.30. The largest absolute Gasteiger partial charge is 0.381 e. The van der Waals surface area contributed by atoms with Crippen LogP contribution in [0.3, 0.4) is 0 Å². The molecule has 1 aromatic heterocycles. The number of halogens is 1. The van der Waals surface area contributed by atoms with Crippen LogP contribution in [0.15, 0.2) is 42.6 Å². The van der Waals surface area contributed by atoms with E-state index in [9.17, 15) is 0 Å². The molecule has 110 valence electrons. The topological polar surface area (TPSA) is 28.2 Å². The Balaban J connectivity index is 1.73. The van der Waals surface area contributed by atoms with Gasteiger partial charge < -0.3 is 10.2 Å². The molecule has 21 heavy (non-hydrogen) atoms. The number of nitrogens with zero attached hydrogens (tertiary/aromatic N) is 2. The molecule has 0 bridgehead atoms. The van der Waals surface area contributed by atoms with E-state index in [4.69, 9.17) is 11.6 Å². The zero-order valence-corrected chi connectivity index (χ0v) is 12.8. The van der Waals surface area contributed by atoms with E-state index in [1.807, 2.05) is 12.1 Å². The van der Waals surface area contributed by atoms with Gasteiger partial charge in [0.1, 0.15) is 5.15 Å². The van der Waals surface area contributed by atoms with Crippen molar-refractivity contribution < 1.29 is 0 Å². The van der Waals surface area contributed by atoms with Crippen LogP contribution < -0.4 is 10.2 Å². The molecule has 0 atom stereocenters. The van der Waals surface area contributed by atoms with Gasteiger partial charge >= 0.3 is 0 Å². The van der Waals surface area contributed by atoms with Gasteiger partial charge in [-0.1, -0.05) is 29.8 Å². The molecule has 2 heterocycles. The van der Waals surface area contributed by atoms with Crippen molar-refractivity contribution in [3.05, 3.63) is 53.3 Å². The Morgan fingerprint density at radius 2 is 1.90 bits per heavy atom. The first-order valence-electron chi connectivity index (χ1n) is 7.51. The number of benzene rings is 1. The van der Waals surface area contributed by atoms with Crippen molar-refractivity contribution in [2.45, 2.75) is 25.8 Å². The molecule has 0 spiro atoms. The lowest BCUT2D eigenvalue weighted by atomic mass is 10.1. The molecule has 1 aliphatic heterocycles. The Kier molecular flexibility index (Phi) is 4.61. The number of anilines is 2. The van der Waals surface area contributed by atoms with Crippen LogP contribution in [0.4, 0.5) is 11.4 Å². The van der Waals surface area contributed by atoms with E-state index in [1.54, 1.807) is 6.20 Å². The predicted octanol–water partition coefficient (Wildman–Crippen LogP) is 4.34. The predicted molar refractivity (Wildman–Crippen MR) is 89.1 cm³/mol. The van der Waals surface area contributed by atoms with Crippen LogP contribution in [-0.4, -0.2) is 18.1 Å². The van der Waals surface area contributed by atoms with Crippen LogP contribution >= 0.6 is 11.6 Å². The molecule has 4 heteroatoms. The molecule has 1 aliphatic rings. The molecule has 0 amide bonds. The van der Waals surface area contributed by atoms with Crippen molar-refractivity contribution in [1.82, 2.24) is 4.98 Å². The van der Waals surface area contributed by atoms with Crippen LogP contribution in [-0.2, 0) is 6.54 Å². The Morgan fingerprint density at radius 3 is 2.71 bits per heavy atom. The van der Waals surface area contributed by atoms with E-state index in [0.29, 0.717) is 5.15 Å². The lowest BCUT2D eigenvalue weighted by Crippen LogP contribution is -2.30. The third-order valence-corrected chi connectivity index (χ3v) is 4.10. The fourth-order valence-corrected chi connectivity index (χ4v) is 2.99. The van der Waals surface area contributed by atoms with Crippen molar-refractivity contribution in [3.8, 4) is 0 Å². The van der Waals surface area contributed by atoms with E-state index < -0.39 is 0 Å². The molecule has 3 nitrogen and oxygen atoms in total. The van der Waals surface area contributed by atoms with Crippen LogP contribution in [0, 0.1) is 0 Å². The molecule has 2 aromatic rings. The number of piperidine rings is 1. The van der Waals surface area contributed by atoms with Crippen molar-refractivity contribution in [2.75, 3.05) is 23.3 Å². The van der Waals surface area contributed by atoms with Gasteiger partial charge in [-0.2, -0.15) is 0 Å². The lowest BCUT2D eigenvalue weighted by molar-refractivity contribution is 0.576. The number of hydrogen-bond acceptors (Lipinski definition) is 3. The second-order valence-electron chi connectivity index (χ2n) is 5.40. The van der Waals surface area contributed by atoms with Gasteiger partial charge in [-0.25, -0.2) is 4.98 Å². The summed E-state index contributed by atoms with van der Waals surface area (Å²) in [5.41, 5.74) is 3.68. The summed E-state index contributed by atoms with van der Waals surface area (Å²) in [4.78, 5) is 6.50. The summed E-state index contributed by atoms with van der Waals surface area (Å²) in [6, 6.07) is 12.4. The highest BCUT2D eigenvalue weighted by atomic mass is 35.5. The standard InChI is InChI=1S/C17H20ClN3/c18-17-12-15(8-9-19-17)20-13-14-6-2-3-7-16(14)21-10-4-1-5-11-21/h2-3,6-9,12H,1,4-5,10-11,13H2,(H,19,20). The Hall–Kier alpha value is -1.74. The first-order valence-corrected chi connectivity index (χ1v) is 7.89. The van der Waals surface area contributed by atoms with Crippen LogP contribution in [0.1, 0.15) is 24.8 Å². The Bertz CT molecular complexity index is 594. The van der Waals surface area contributed by atoms with Gasteiger partial charge in [0.05, 0.1) is 0 Å². The Morgan fingerprint density at radius 1 is 1.10 bits per heavy atom. The maximum Gasteiger partial charge on any atom is 0.131 e. The van der Waals surface area contributed by atoms with Crippen LogP contribution in [0.2, 0.25) is 5.15 Å². The monoisotopic (exact) mass is 301 g/mol. The molecule has 3 rings (SSSR count). The highest BCUT2D eigenvalue weighted by Gasteiger charge is 2.13. The normalized spacial score (nSPS) is 15.0. The first-order chi connectivity index (χ1) is 10.3. The molecule has 1 N–H and O–H groups in total. The number of nitrogens with one attached hydrogen (secondary N) is 1. The van der Waals surface area contributed by atoms with Crippen molar-refractivity contribution in [1.29, 1.82) is 0 Å². The van der Waals surface area contributed by atoms with Crippen LogP contribution in [0.25, 0.3) is 0 Å². The molecule has 0 saturated carbocycles. The SMILES string of the molecule is Clc1cc(NCc2ccccc2N2CCCCC2)ccn1. The van der Waals surface area contributed by atoms with Gasteiger partial charge in [0.25, 0.3) is 0 Å². The molecular weight excluding hydrogens is 282 g/mol. The Labute approximate surface area is 131 Å². The van der Waals surface area contributed by atoms with Gasteiger partial charge in [0.15, 0.2) is 0 Å². The zero-order valence-electron chi connectivity index (χ0n) is 12.1. The minimum absolute atomic E-state index is 0.518. The van der Waals surface area contributed by atoms with E-state index in [-0.39, 0.29) is 0 Å². The van der Waals surface area contributed by atoms with Crippen molar-refractivity contribution in [3.63, 3.8) is 0 Å². The molecular formula is C17H20ClN3. The van der Waals surface area contributed by atoms with Gasteiger partial charge in [-0.15, -0.1) is 0 Å². The molecule has 1 fully saturated rings. The maximum absolute atomic E-state index is 5.92. The fourth-order valence-electron chi connectivity index (χ4n) is 2.81. The first kappa shape index (κ1) is 14.2. The number of pyridine rings is 1. The summed E-state index contributed by atoms with van der Waals surface area (Å²) in [6.45, 7) is 3.13. The van der Waals surface area contributed by atoms with Gasteiger partial charge in [0.2, 0.25) is 0 Å². The van der Waals surface area contributed by atoms with E-state index in [1.165, 1.54) is 30.5 Å². The van der Waals surface area contributed by atoms with Gasteiger partial charge in [-0.3, -0.25) is 0 Å². The summed E-state index contributed by atoms with van der Waals surface area (Å²) in [5, 5.41) is 3.95. The van der Waals surface area contributed by atoms with Crippen molar-refractivity contribution >= 4 is 23.0 Å². The summed E-state index contributed by atoms with van der Waals surface area (Å²) in [6.07, 6.45) is 5.66. The minimum atomic E-state index is 0.518. The third kappa shape index (κ3) is 3.67. The van der Waals surface area contributed by atoms with Crippen molar-refractivity contribution in [2.24, 2.45) is 0 Å². The number of rotatable bonds is 4. The third-order valence-electron chi connectivity index (χ3n) is 3.90. The molecule has 0 radical (unpaired) electrons. The number of para-hydroxylation sites is 1. The zero-order chi connectivity index (χ0) is 14.5. The summed E-state index contributed by atoms with van der Waals surface area (Å²) in [7, 11) is 0. The summed E-state index contributed by atoms with van der Waals surface area (Å²) < 4.78 is 0. The molecule has 1 saturated heterocycles. The number of hydrogen-bond donors (Lipinski definition) is 1. The highest BCUT2D eigenvalue weighted by Crippen LogP contribution is 2.25. The van der Waals surface area contributed by atoms with Gasteiger partial charge in [-0.05, 0) is 43.0 Å². The second kappa shape index (κ2) is 6.81. The smallest absolute Gasteiger partial charge is 0.131 e. The van der Waals surface area contributed by atoms with E-state index in [2.05, 4.69) is 39.5 Å². The molecule has 1 aromatic carbocycles. The minimum Gasteiger partial charge on any atom is -0.381 e.